The molecule has 9 heteroatoms. The largest absolute Gasteiger partial charge is 0.454 e. The lowest BCUT2D eigenvalue weighted by Crippen LogP contribution is -2.41. The summed E-state index contributed by atoms with van der Waals surface area (Å²) in [6, 6.07) is 8.18. The molecule has 0 aliphatic carbocycles. The number of amides is 1. The molecule has 3 aliphatic heterocycles. The monoisotopic (exact) mass is 387 g/mol. The van der Waals surface area contributed by atoms with Crippen LogP contribution in [0.5, 0.6) is 11.5 Å². The summed E-state index contributed by atoms with van der Waals surface area (Å²) in [5, 5.41) is 0. The number of benzene rings is 1. The number of rotatable bonds is 2. The zero-order chi connectivity index (χ0) is 18.8. The van der Waals surface area contributed by atoms with E-state index in [-0.39, 0.29) is 36.6 Å². The molecule has 3 aliphatic rings. The molecule has 1 saturated heterocycles. The quantitative estimate of drug-likeness (QED) is 0.769. The van der Waals surface area contributed by atoms with Gasteiger partial charge in [0.1, 0.15) is 0 Å². The molecule has 5 rings (SSSR count). The lowest BCUT2D eigenvalue weighted by Gasteiger charge is -2.32. The predicted octanol–water partition coefficient (Wildman–Crippen LogP) is 1.19. The summed E-state index contributed by atoms with van der Waals surface area (Å²) < 4.78 is 38.2. The van der Waals surface area contributed by atoms with Gasteiger partial charge in [0.05, 0.1) is 22.2 Å². The van der Waals surface area contributed by atoms with Crippen LogP contribution in [0.3, 0.4) is 0 Å². The second-order valence-electron chi connectivity index (χ2n) is 6.86. The summed E-state index contributed by atoms with van der Waals surface area (Å²) in [7, 11) is -2.06. The Labute approximate surface area is 156 Å². The molecule has 0 spiro atoms. The van der Waals surface area contributed by atoms with Gasteiger partial charge in [-0.25, -0.2) is 8.42 Å². The molecule has 140 valence electrons. The van der Waals surface area contributed by atoms with Gasteiger partial charge in [-0.3, -0.25) is 9.78 Å². The van der Waals surface area contributed by atoms with Crippen LogP contribution in [0, 0.1) is 5.92 Å². The first-order valence-corrected chi connectivity index (χ1v) is 10.0. The second kappa shape index (κ2) is 5.67. The Balaban J connectivity index is 1.51. The van der Waals surface area contributed by atoms with E-state index in [1.54, 1.807) is 30.3 Å². The van der Waals surface area contributed by atoms with Gasteiger partial charge in [0.2, 0.25) is 22.7 Å². The fourth-order valence-electron chi connectivity index (χ4n) is 4.02. The first kappa shape index (κ1) is 16.5. The number of carbonyl (C=O) groups is 1. The number of sulfonamides is 1. The Bertz CT molecular complexity index is 1050. The molecule has 0 radical (unpaired) electrons. The van der Waals surface area contributed by atoms with E-state index in [4.69, 9.17) is 9.47 Å². The number of pyridine rings is 1. The third kappa shape index (κ3) is 2.35. The Morgan fingerprint density at radius 2 is 1.89 bits per heavy atom. The fourth-order valence-corrected chi connectivity index (χ4v) is 5.53. The molecule has 27 heavy (non-hydrogen) atoms. The topological polar surface area (TPSA) is 89.0 Å². The molecule has 4 heterocycles. The number of hydrogen-bond donors (Lipinski definition) is 0. The van der Waals surface area contributed by atoms with Gasteiger partial charge in [-0.1, -0.05) is 0 Å². The molecule has 0 saturated carbocycles. The van der Waals surface area contributed by atoms with Gasteiger partial charge in [0.15, 0.2) is 11.5 Å². The maximum absolute atomic E-state index is 13.2. The highest BCUT2D eigenvalue weighted by Crippen LogP contribution is 2.44. The van der Waals surface area contributed by atoms with Crippen molar-refractivity contribution in [2.24, 2.45) is 5.92 Å². The smallest absolute Gasteiger partial charge is 0.243 e. The summed E-state index contributed by atoms with van der Waals surface area (Å²) in [5.74, 6) is 0.188. The SMILES string of the molecule is CN1C(=O)[C@@H]2CN(S(=O)(=O)c3ccc4c(c3)OCO4)C[C@@H]2c2ncccc21. The summed E-state index contributed by atoms with van der Waals surface area (Å²) in [5.41, 5.74) is 1.51. The number of anilines is 1. The van der Waals surface area contributed by atoms with E-state index in [1.807, 2.05) is 6.07 Å². The highest BCUT2D eigenvalue weighted by atomic mass is 32.2. The number of aromatic nitrogens is 1. The summed E-state index contributed by atoms with van der Waals surface area (Å²) in [6.45, 7) is 0.446. The second-order valence-corrected chi connectivity index (χ2v) is 8.79. The van der Waals surface area contributed by atoms with Crippen molar-refractivity contribution in [1.82, 2.24) is 9.29 Å². The zero-order valence-corrected chi connectivity index (χ0v) is 15.3. The van der Waals surface area contributed by atoms with E-state index in [9.17, 15) is 13.2 Å². The lowest BCUT2D eigenvalue weighted by atomic mass is 9.87. The molecule has 1 fully saturated rings. The van der Waals surface area contributed by atoms with Gasteiger partial charge in [-0.05, 0) is 24.3 Å². The Kier molecular flexibility index (Phi) is 3.47. The Hall–Kier alpha value is -2.65. The van der Waals surface area contributed by atoms with E-state index < -0.39 is 15.9 Å². The maximum atomic E-state index is 13.2. The number of nitrogens with zero attached hydrogens (tertiary/aromatic N) is 3. The third-order valence-electron chi connectivity index (χ3n) is 5.44. The average Bonchev–Trinajstić information content (AvgIpc) is 3.33. The minimum Gasteiger partial charge on any atom is -0.454 e. The molecule has 2 atom stereocenters. The van der Waals surface area contributed by atoms with Crippen molar-refractivity contribution in [2.45, 2.75) is 10.8 Å². The Morgan fingerprint density at radius 1 is 1.11 bits per heavy atom. The van der Waals surface area contributed by atoms with Gasteiger partial charge in [-0.15, -0.1) is 0 Å². The van der Waals surface area contributed by atoms with Crippen molar-refractivity contribution in [1.29, 1.82) is 0 Å². The molecular formula is C18H17N3O5S. The van der Waals surface area contributed by atoms with Crippen LogP contribution in [-0.4, -0.2) is 50.5 Å². The van der Waals surface area contributed by atoms with Gasteiger partial charge in [-0.2, -0.15) is 4.31 Å². The third-order valence-corrected chi connectivity index (χ3v) is 7.27. The fraction of sp³-hybridized carbons (Fsp3) is 0.333. The molecule has 2 aromatic rings. The van der Waals surface area contributed by atoms with Crippen LogP contribution < -0.4 is 14.4 Å². The maximum Gasteiger partial charge on any atom is 0.243 e. The van der Waals surface area contributed by atoms with E-state index in [0.29, 0.717) is 11.5 Å². The van der Waals surface area contributed by atoms with E-state index in [0.717, 1.165) is 11.4 Å². The van der Waals surface area contributed by atoms with E-state index in [1.165, 1.54) is 16.4 Å². The normalized spacial score (nSPS) is 24.0. The first-order chi connectivity index (χ1) is 13.0. The summed E-state index contributed by atoms with van der Waals surface area (Å²) in [6.07, 6.45) is 1.68. The van der Waals surface area contributed by atoms with Crippen molar-refractivity contribution < 1.29 is 22.7 Å². The van der Waals surface area contributed by atoms with Gasteiger partial charge < -0.3 is 14.4 Å². The van der Waals surface area contributed by atoms with Gasteiger partial charge >= 0.3 is 0 Å². The summed E-state index contributed by atoms with van der Waals surface area (Å²) in [4.78, 5) is 18.9. The molecule has 1 aromatic heterocycles. The van der Waals surface area contributed by atoms with Crippen LogP contribution in [-0.2, 0) is 14.8 Å². The minimum absolute atomic E-state index is 0.0794. The highest BCUT2D eigenvalue weighted by Gasteiger charge is 2.49. The highest BCUT2D eigenvalue weighted by molar-refractivity contribution is 7.89. The van der Waals surface area contributed by atoms with Crippen molar-refractivity contribution in [2.75, 3.05) is 31.8 Å². The molecule has 0 bridgehead atoms. The first-order valence-electron chi connectivity index (χ1n) is 8.59. The van der Waals surface area contributed by atoms with Crippen LogP contribution in [0.1, 0.15) is 11.6 Å². The zero-order valence-electron chi connectivity index (χ0n) is 14.5. The Morgan fingerprint density at radius 3 is 2.74 bits per heavy atom. The predicted molar refractivity (Wildman–Crippen MR) is 95.2 cm³/mol. The minimum atomic E-state index is -3.76. The van der Waals surface area contributed by atoms with Crippen LogP contribution in [0.25, 0.3) is 0 Å². The van der Waals surface area contributed by atoms with E-state index in [2.05, 4.69) is 4.98 Å². The van der Waals surface area contributed by atoms with Gasteiger partial charge in [0, 0.05) is 38.3 Å². The molecule has 1 aromatic carbocycles. The van der Waals surface area contributed by atoms with Crippen molar-refractivity contribution in [3.05, 3.63) is 42.2 Å². The van der Waals surface area contributed by atoms with E-state index >= 15 is 0 Å². The van der Waals surface area contributed by atoms with Crippen LogP contribution in [0.15, 0.2) is 41.4 Å². The molecule has 0 N–H and O–H groups in total. The van der Waals surface area contributed by atoms with Crippen molar-refractivity contribution in [3.63, 3.8) is 0 Å². The molecular weight excluding hydrogens is 370 g/mol. The number of hydrogen-bond acceptors (Lipinski definition) is 6. The number of carbonyl (C=O) groups excluding carboxylic acids is 1. The van der Waals surface area contributed by atoms with Crippen LogP contribution in [0.4, 0.5) is 5.69 Å². The molecule has 1 amide bonds. The lowest BCUT2D eigenvalue weighted by molar-refractivity contribution is -0.122. The molecule has 8 nitrogen and oxygen atoms in total. The van der Waals surface area contributed by atoms with Crippen LogP contribution >= 0.6 is 0 Å². The standard InChI is InChI=1S/C18H17N3O5S/c1-20-14-3-2-6-19-17(14)12-8-21(9-13(12)18(20)22)27(23,24)11-4-5-15-16(7-11)26-10-25-15/h2-7,12-13H,8-10H2,1H3/t12-,13+/m0/s1. The number of fused-ring (bicyclic) bond motifs is 4. The molecule has 0 unspecified atom stereocenters. The number of ether oxygens (including phenoxy) is 2. The van der Waals surface area contributed by atoms with Gasteiger partial charge in [0.25, 0.3) is 0 Å². The summed E-state index contributed by atoms with van der Waals surface area (Å²) >= 11 is 0. The van der Waals surface area contributed by atoms with Crippen LogP contribution in [0.2, 0.25) is 0 Å². The van der Waals surface area contributed by atoms with Crippen molar-refractivity contribution in [3.8, 4) is 11.5 Å². The average molecular weight is 387 g/mol. The van der Waals surface area contributed by atoms with Crippen molar-refractivity contribution >= 4 is 21.6 Å².